The summed E-state index contributed by atoms with van der Waals surface area (Å²) >= 11 is 0. The number of fused-ring (bicyclic) bond motifs is 4. The molecule has 5 N–H and O–H groups in total. The van der Waals surface area contributed by atoms with Crippen molar-refractivity contribution in [1.82, 2.24) is 5.32 Å². The van der Waals surface area contributed by atoms with Gasteiger partial charge in [0, 0.05) is 6.04 Å². The zero-order chi connectivity index (χ0) is 53.2. The smallest absolute Gasteiger partial charge is 0.344 e. The second-order valence-corrected chi connectivity index (χ2v) is 23.4. The second-order valence-electron chi connectivity index (χ2n) is 23.4. The Hall–Kier alpha value is -3.18. The van der Waals surface area contributed by atoms with E-state index in [0.29, 0.717) is 23.7 Å². The van der Waals surface area contributed by atoms with Gasteiger partial charge >= 0.3 is 5.97 Å². The lowest BCUT2D eigenvalue weighted by Crippen LogP contribution is -2.38. The van der Waals surface area contributed by atoms with Crippen molar-refractivity contribution in [3.05, 3.63) is 58.7 Å². The first-order valence-corrected chi connectivity index (χ1v) is 30.6. The normalized spacial score (nSPS) is 23.5. The van der Waals surface area contributed by atoms with E-state index in [1.54, 1.807) is 0 Å². The van der Waals surface area contributed by atoms with Gasteiger partial charge in [-0.25, -0.2) is 4.79 Å². The van der Waals surface area contributed by atoms with Gasteiger partial charge in [-0.15, -0.1) is 0 Å². The number of nitrogens with one attached hydrogen (secondary N) is 1. The molecule has 0 saturated heterocycles. The number of hydrogen-bond acceptors (Lipinski definition) is 9. The van der Waals surface area contributed by atoms with Crippen LogP contribution in [0, 0.1) is 35.5 Å². The van der Waals surface area contributed by atoms with E-state index in [-0.39, 0.29) is 73.5 Å². The molecule has 0 aromatic heterocycles. The summed E-state index contributed by atoms with van der Waals surface area (Å²) in [7, 11) is 0. The molecule has 420 valence electrons. The van der Waals surface area contributed by atoms with Crippen LogP contribution in [0.1, 0.15) is 231 Å². The summed E-state index contributed by atoms with van der Waals surface area (Å²) < 4.78 is 17.9. The van der Waals surface area contributed by atoms with Gasteiger partial charge < -0.3 is 40.0 Å². The molecule has 2 saturated carbocycles. The van der Waals surface area contributed by atoms with E-state index < -0.39 is 0 Å². The molecule has 0 heterocycles. The number of amides is 1. The van der Waals surface area contributed by atoms with Crippen LogP contribution in [0.4, 0.5) is 0 Å². The average Bonchev–Trinajstić information content (AvgIpc) is 3.88. The molecule has 0 aliphatic heterocycles. The number of ether oxygens (including phenoxy) is 3. The lowest BCUT2D eigenvalue weighted by molar-refractivity contribution is -0.152. The average molecular weight is 1030 g/mol. The van der Waals surface area contributed by atoms with Gasteiger partial charge in [-0.1, -0.05) is 156 Å². The summed E-state index contributed by atoms with van der Waals surface area (Å²) in [4.78, 5) is 25.3. The van der Waals surface area contributed by atoms with Gasteiger partial charge in [-0.05, 0) is 173 Å². The van der Waals surface area contributed by atoms with Crippen molar-refractivity contribution in [2.45, 2.75) is 271 Å². The molecule has 2 aromatic rings. The highest BCUT2D eigenvalue weighted by molar-refractivity contribution is 5.78. The van der Waals surface area contributed by atoms with Crippen LogP contribution >= 0.6 is 0 Å². The molecule has 2 aromatic carbocycles. The van der Waals surface area contributed by atoms with Crippen molar-refractivity contribution in [3.8, 4) is 11.5 Å². The van der Waals surface area contributed by atoms with Crippen LogP contribution in [0.5, 0.6) is 11.5 Å². The number of hydrogen-bond donors (Lipinski definition) is 5. The molecule has 0 unspecified atom stereocenters. The largest absolute Gasteiger partial charge is 0.483 e. The Kier molecular flexibility index (Phi) is 28.2. The molecule has 74 heavy (non-hydrogen) atoms. The lowest BCUT2D eigenvalue weighted by Gasteiger charge is -2.32. The fourth-order valence-electron chi connectivity index (χ4n) is 13.3. The molecule has 2 fully saturated rings. The van der Waals surface area contributed by atoms with Crippen LogP contribution in [-0.4, -0.2) is 82.1 Å². The predicted molar refractivity (Wildman–Crippen MR) is 300 cm³/mol. The third kappa shape index (κ3) is 19.7. The highest BCUT2D eigenvalue weighted by atomic mass is 16.6. The van der Waals surface area contributed by atoms with Gasteiger partial charge in [0.25, 0.3) is 5.91 Å². The first kappa shape index (κ1) is 61.7. The third-order valence-electron chi connectivity index (χ3n) is 17.6. The van der Waals surface area contributed by atoms with Crippen LogP contribution < -0.4 is 14.8 Å². The zero-order valence-electron chi connectivity index (χ0n) is 47.3. The maximum atomic E-state index is 12.7. The summed E-state index contributed by atoms with van der Waals surface area (Å²) in [6, 6.07) is 12.6. The molecule has 10 nitrogen and oxygen atoms in total. The summed E-state index contributed by atoms with van der Waals surface area (Å²) in [6.07, 6.45) is 29.0. The number of rotatable bonds is 34. The Labute approximate surface area is 449 Å². The van der Waals surface area contributed by atoms with E-state index in [1.165, 1.54) is 47.9 Å². The van der Waals surface area contributed by atoms with Crippen LogP contribution in [0.25, 0.3) is 0 Å². The Balaban J connectivity index is 0.000000274. The topological polar surface area (TPSA) is 155 Å². The molecule has 6 rings (SSSR count). The maximum Gasteiger partial charge on any atom is 0.344 e. The zero-order valence-corrected chi connectivity index (χ0v) is 47.3. The van der Waals surface area contributed by atoms with Gasteiger partial charge in [-0.3, -0.25) is 4.79 Å². The van der Waals surface area contributed by atoms with Crippen molar-refractivity contribution in [2.75, 3.05) is 13.2 Å². The first-order valence-electron chi connectivity index (χ1n) is 30.6. The molecular weight excluding hydrogens is 927 g/mol. The molecular formula is C64H105NO9. The summed E-state index contributed by atoms with van der Waals surface area (Å²) in [6.45, 7) is 13.1. The number of carbonyl (C=O) groups excluding carboxylic acids is 2. The van der Waals surface area contributed by atoms with Gasteiger partial charge in [0.2, 0.25) is 0 Å². The van der Waals surface area contributed by atoms with Gasteiger partial charge in [-0.2, -0.15) is 0 Å². The van der Waals surface area contributed by atoms with Crippen LogP contribution in [0.15, 0.2) is 36.4 Å². The van der Waals surface area contributed by atoms with Crippen molar-refractivity contribution in [3.63, 3.8) is 0 Å². The minimum atomic E-state index is -0.297. The number of unbranched alkanes of at least 4 members (excludes halogenated alkanes) is 8. The minimum Gasteiger partial charge on any atom is -0.483 e. The van der Waals surface area contributed by atoms with Gasteiger partial charge in [0.1, 0.15) is 17.6 Å². The van der Waals surface area contributed by atoms with Gasteiger partial charge in [0.05, 0.1) is 24.4 Å². The Morgan fingerprint density at radius 1 is 0.541 bits per heavy atom. The Morgan fingerprint density at radius 3 is 1.42 bits per heavy atom. The van der Waals surface area contributed by atoms with E-state index in [1.807, 2.05) is 24.3 Å². The van der Waals surface area contributed by atoms with Crippen molar-refractivity contribution >= 4 is 11.9 Å². The molecule has 1 amide bonds. The first-order chi connectivity index (χ1) is 35.9. The van der Waals surface area contributed by atoms with Gasteiger partial charge in [0.15, 0.2) is 13.2 Å². The Morgan fingerprint density at radius 2 is 0.973 bits per heavy atom. The van der Waals surface area contributed by atoms with E-state index >= 15 is 0 Å². The fraction of sp³-hybridized carbons (Fsp3) is 0.781. The molecule has 0 bridgehead atoms. The monoisotopic (exact) mass is 1030 g/mol. The molecule has 10 heteroatoms. The third-order valence-corrected chi connectivity index (χ3v) is 17.6. The quantitative estimate of drug-likeness (QED) is 0.0340. The SMILES string of the molecule is CCCCC[C@H](O)CC[C@@H]1[C@H]2Cc3cccc(OCC(=O)NC(CCCC)CCCC)c3C[C@H]2C[C@H]1O.CCCCC[C@H](O)CC[C@@H]1[C@H]2Cc3cccc(OCC(=O)OC(CCCC)CCCC)c3C[C@H]2C[C@H]1O. The standard InChI is InChI=1S/C32H53NO4.C32H52O5/c1-4-7-10-15-26(34)17-18-27-28-19-23-12-11-16-31(29(23)20-24(28)21-30(27)35)37-22-32(36)33-25(13-8-5-2)14-9-6-3;1-4-7-10-13-25(33)17-18-27-28-19-23-12-11-16-31(29(23)20-24(28)21-30(27)34)36-22-32(35)37-26(14-8-5-2)15-9-6-3/h11-12,16,24-28,30,34-35H,4-10,13-15,17-22H2,1-3H3,(H,33,36);11-12,16,24-28,30,33-34H,4-10,13-15,17-22H2,1-3H3/t24-,26-,27+,28-,30+;24-,25-,27+,28-,30+/m00/s1. The van der Waals surface area contributed by atoms with Crippen LogP contribution in [0.2, 0.25) is 0 Å². The fourth-order valence-corrected chi connectivity index (χ4v) is 13.3. The molecule has 0 spiro atoms. The van der Waals surface area contributed by atoms with E-state index in [0.717, 1.165) is 178 Å². The number of esters is 1. The summed E-state index contributed by atoms with van der Waals surface area (Å²) in [5.74, 6) is 3.59. The Bertz CT molecular complexity index is 1740. The highest BCUT2D eigenvalue weighted by Crippen LogP contribution is 2.50. The summed E-state index contributed by atoms with van der Waals surface area (Å²) in [5, 5.41) is 45.9. The van der Waals surface area contributed by atoms with Crippen molar-refractivity contribution in [1.29, 1.82) is 0 Å². The summed E-state index contributed by atoms with van der Waals surface area (Å²) in [5.41, 5.74) is 4.99. The molecule has 4 aliphatic rings. The molecule has 10 atom stereocenters. The number of aliphatic hydroxyl groups is 4. The van der Waals surface area contributed by atoms with Crippen molar-refractivity contribution in [2.24, 2.45) is 35.5 Å². The second kappa shape index (κ2) is 33.9. The minimum absolute atomic E-state index is 0.0106. The predicted octanol–water partition coefficient (Wildman–Crippen LogP) is 13.2. The van der Waals surface area contributed by atoms with Crippen LogP contribution in [0.3, 0.4) is 0 Å². The van der Waals surface area contributed by atoms with Crippen LogP contribution in [-0.2, 0) is 40.0 Å². The number of aliphatic hydroxyl groups excluding tert-OH is 4. The van der Waals surface area contributed by atoms with E-state index in [4.69, 9.17) is 14.2 Å². The van der Waals surface area contributed by atoms with Crippen molar-refractivity contribution < 1.29 is 44.2 Å². The molecule has 4 aliphatic carbocycles. The van der Waals surface area contributed by atoms with E-state index in [2.05, 4.69) is 59.0 Å². The van der Waals surface area contributed by atoms with E-state index in [9.17, 15) is 30.0 Å². The molecule has 0 radical (unpaired) electrons. The maximum absolute atomic E-state index is 12.7. The number of benzene rings is 2. The lowest BCUT2D eigenvalue weighted by atomic mass is 9.73. The highest BCUT2D eigenvalue weighted by Gasteiger charge is 2.46. The number of carbonyl (C=O) groups is 2.